The Morgan fingerprint density at radius 1 is 0.867 bits per heavy atom. The summed E-state index contributed by atoms with van der Waals surface area (Å²) < 4.78 is 2.01. The minimum Gasteiger partial charge on any atom is -0.383 e. The van der Waals surface area contributed by atoms with Crippen LogP contribution in [0.4, 0.5) is 5.82 Å². The fourth-order valence-corrected chi connectivity index (χ4v) is 3.58. The Balaban J connectivity index is 1.79. The van der Waals surface area contributed by atoms with Crippen molar-refractivity contribution in [1.82, 2.24) is 24.5 Å². The number of hydrogen-bond donors (Lipinski definition) is 1. The Bertz CT molecular complexity index is 1330. The highest BCUT2D eigenvalue weighted by atomic mass is 35.5. The van der Waals surface area contributed by atoms with E-state index in [1.165, 1.54) is 0 Å². The van der Waals surface area contributed by atoms with Crippen LogP contribution in [0.1, 0.15) is 5.56 Å². The minimum atomic E-state index is 0.417. The van der Waals surface area contributed by atoms with E-state index in [0.29, 0.717) is 17.5 Å². The average Bonchev–Trinajstić information content (AvgIpc) is 3.18. The molecule has 0 atom stereocenters. The molecule has 0 amide bonds. The molecule has 146 valence electrons. The monoisotopic (exact) mass is 412 g/mol. The van der Waals surface area contributed by atoms with Crippen LogP contribution in [0.3, 0.4) is 0 Å². The maximum Gasteiger partial charge on any atom is 0.165 e. The van der Waals surface area contributed by atoms with Crippen LogP contribution in [0, 0.1) is 0 Å². The maximum atomic E-state index is 6.18. The molecule has 0 spiro atoms. The van der Waals surface area contributed by atoms with Gasteiger partial charge in [-0.05, 0) is 54.1 Å². The van der Waals surface area contributed by atoms with Gasteiger partial charge in [0.05, 0.1) is 11.3 Å². The quantitative estimate of drug-likeness (QED) is 0.426. The number of nitrogens with zero attached hydrogens (tertiary/aromatic N) is 5. The van der Waals surface area contributed by atoms with Gasteiger partial charge in [-0.1, -0.05) is 12.1 Å². The van der Waals surface area contributed by atoms with E-state index in [4.69, 9.17) is 27.3 Å². The molecule has 0 fully saturated rings. The molecule has 0 saturated heterocycles. The molecular formula is C23H17ClN6. The smallest absolute Gasteiger partial charge is 0.165 e. The van der Waals surface area contributed by atoms with E-state index in [9.17, 15) is 0 Å². The van der Waals surface area contributed by atoms with Crippen LogP contribution in [0.5, 0.6) is 0 Å². The molecule has 0 aliphatic rings. The van der Waals surface area contributed by atoms with Crippen molar-refractivity contribution < 1.29 is 0 Å². The van der Waals surface area contributed by atoms with Crippen molar-refractivity contribution in [2.24, 2.45) is 0 Å². The molecule has 0 aliphatic carbocycles. The summed E-state index contributed by atoms with van der Waals surface area (Å²) >= 11 is 5.97. The van der Waals surface area contributed by atoms with Gasteiger partial charge in [-0.25, -0.2) is 15.0 Å². The third-order valence-corrected chi connectivity index (χ3v) is 5.22. The van der Waals surface area contributed by atoms with Crippen LogP contribution in [0.25, 0.3) is 39.5 Å². The van der Waals surface area contributed by atoms with Crippen LogP contribution in [0.15, 0.2) is 79.3 Å². The lowest BCUT2D eigenvalue weighted by atomic mass is 10.2. The summed E-state index contributed by atoms with van der Waals surface area (Å²) in [6.45, 7) is 0. The van der Waals surface area contributed by atoms with Crippen molar-refractivity contribution in [2.75, 3.05) is 5.73 Å². The van der Waals surface area contributed by atoms with Crippen LogP contribution in [0.2, 0.25) is 0 Å². The van der Waals surface area contributed by atoms with Gasteiger partial charge in [-0.15, -0.1) is 11.6 Å². The van der Waals surface area contributed by atoms with E-state index in [-0.39, 0.29) is 0 Å². The van der Waals surface area contributed by atoms with E-state index in [2.05, 4.69) is 9.97 Å². The Kier molecular flexibility index (Phi) is 4.61. The Hall–Kier alpha value is -3.77. The fourth-order valence-electron chi connectivity index (χ4n) is 3.41. The Labute approximate surface area is 178 Å². The number of alkyl halides is 1. The normalized spacial score (nSPS) is 11.1. The van der Waals surface area contributed by atoms with Gasteiger partial charge >= 0.3 is 0 Å². The van der Waals surface area contributed by atoms with Crippen molar-refractivity contribution in [3.63, 3.8) is 0 Å². The van der Waals surface area contributed by atoms with Gasteiger partial charge in [0.15, 0.2) is 11.5 Å². The first-order chi connectivity index (χ1) is 14.7. The topological polar surface area (TPSA) is 82.5 Å². The number of benzene rings is 1. The third kappa shape index (κ3) is 3.17. The summed E-state index contributed by atoms with van der Waals surface area (Å²) in [5.41, 5.74) is 12.2. The SMILES string of the molecule is Nc1ncccc1-c1nc2ccc(-c3ccncc3)nc2n1-c1ccc(CCl)cc1. The highest BCUT2D eigenvalue weighted by molar-refractivity contribution is 6.17. The van der Waals surface area contributed by atoms with Gasteiger partial charge in [-0.3, -0.25) is 9.55 Å². The zero-order valence-corrected chi connectivity index (χ0v) is 16.7. The standard InChI is InChI=1S/C23H17ClN6/c24-14-15-3-5-17(6-4-15)30-22(18-2-1-11-27-21(18)25)29-20-8-7-19(28-23(20)30)16-9-12-26-13-10-16/h1-13H,14H2,(H2,25,27). The van der Waals surface area contributed by atoms with Crippen molar-refractivity contribution in [3.05, 3.63) is 84.8 Å². The second-order valence-electron chi connectivity index (χ2n) is 6.78. The summed E-state index contributed by atoms with van der Waals surface area (Å²) in [7, 11) is 0. The van der Waals surface area contributed by atoms with E-state index < -0.39 is 0 Å². The summed E-state index contributed by atoms with van der Waals surface area (Å²) in [5, 5.41) is 0. The number of hydrogen-bond acceptors (Lipinski definition) is 5. The molecule has 0 bridgehead atoms. The second-order valence-corrected chi connectivity index (χ2v) is 7.05. The molecule has 2 N–H and O–H groups in total. The Morgan fingerprint density at radius 3 is 2.40 bits per heavy atom. The first-order valence-electron chi connectivity index (χ1n) is 9.40. The lowest BCUT2D eigenvalue weighted by Gasteiger charge is -2.11. The first-order valence-corrected chi connectivity index (χ1v) is 9.94. The summed E-state index contributed by atoms with van der Waals surface area (Å²) in [6.07, 6.45) is 5.18. The molecule has 0 unspecified atom stereocenters. The number of pyridine rings is 3. The molecule has 7 heteroatoms. The largest absolute Gasteiger partial charge is 0.383 e. The Morgan fingerprint density at radius 2 is 1.67 bits per heavy atom. The van der Waals surface area contributed by atoms with Crippen LogP contribution in [-0.2, 0) is 5.88 Å². The third-order valence-electron chi connectivity index (χ3n) is 4.91. The van der Waals surface area contributed by atoms with Gasteiger partial charge in [0.25, 0.3) is 0 Å². The number of imidazole rings is 1. The van der Waals surface area contributed by atoms with E-state index in [0.717, 1.165) is 39.2 Å². The molecular weight excluding hydrogens is 396 g/mol. The van der Waals surface area contributed by atoms with Crippen molar-refractivity contribution >= 4 is 28.6 Å². The van der Waals surface area contributed by atoms with Crippen LogP contribution >= 0.6 is 11.6 Å². The van der Waals surface area contributed by atoms with Crippen molar-refractivity contribution in [3.8, 4) is 28.3 Å². The molecule has 6 nitrogen and oxygen atoms in total. The van der Waals surface area contributed by atoms with Gasteiger partial charge in [0.1, 0.15) is 11.3 Å². The molecule has 0 radical (unpaired) electrons. The number of nitrogens with two attached hydrogens (primary N) is 1. The average molecular weight is 413 g/mol. The molecule has 0 saturated carbocycles. The molecule has 0 aliphatic heterocycles. The summed E-state index contributed by atoms with van der Waals surface area (Å²) in [5.74, 6) is 1.56. The number of aromatic nitrogens is 5. The number of rotatable bonds is 4. The van der Waals surface area contributed by atoms with E-state index in [1.54, 1.807) is 18.6 Å². The van der Waals surface area contributed by atoms with Gasteiger partial charge in [0, 0.05) is 35.7 Å². The lowest BCUT2D eigenvalue weighted by Crippen LogP contribution is -2.02. The van der Waals surface area contributed by atoms with Gasteiger partial charge in [-0.2, -0.15) is 0 Å². The van der Waals surface area contributed by atoms with Crippen LogP contribution < -0.4 is 5.73 Å². The zero-order chi connectivity index (χ0) is 20.5. The molecule has 5 rings (SSSR count). The lowest BCUT2D eigenvalue weighted by molar-refractivity contribution is 1.07. The predicted octanol–water partition coefficient (Wildman–Crippen LogP) is 4.87. The van der Waals surface area contributed by atoms with Crippen molar-refractivity contribution in [1.29, 1.82) is 0 Å². The maximum absolute atomic E-state index is 6.18. The molecule has 4 aromatic heterocycles. The highest BCUT2D eigenvalue weighted by Crippen LogP contribution is 2.31. The minimum absolute atomic E-state index is 0.417. The van der Waals surface area contributed by atoms with Crippen LogP contribution in [-0.4, -0.2) is 24.5 Å². The number of fused-ring (bicyclic) bond motifs is 1. The molecule has 30 heavy (non-hydrogen) atoms. The number of halogens is 1. The zero-order valence-electron chi connectivity index (χ0n) is 15.9. The van der Waals surface area contributed by atoms with Gasteiger partial charge < -0.3 is 5.73 Å². The predicted molar refractivity (Wildman–Crippen MR) is 119 cm³/mol. The van der Waals surface area contributed by atoms with E-state index >= 15 is 0 Å². The number of nitrogen functional groups attached to an aromatic ring is 1. The fraction of sp³-hybridized carbons (Fsp3) is 0.0435. The molecule has 4 heterocycles. The van der Waals surface area contributed by atoms with Gasteiger partial charge in [0.2, 0.25) is 0 Å². The summed E-state index contributed by atoms with van der Waals surface area (Å²) in [4.78, 5) is 18.1. The molecule has 5 aromatic rings. The first kappa shape index (κ1) is 18.3. The second kappa shape index (κ2) is 7.57. The highest BCUT2D eigenvalue weighted by Gasteiger charge is 2.18. The van der Waals surface area contributed by atoms with E-state index in [1.807, 2.05) is 65.2 Å². The number of anilines is 1. The molecule has 1 aromatic carbocycles. The van der Waals surface area contributed by atoms with Crippen molar-refractivity contribution in [2.45, 2.75) is 5.88 Å². The summed E-state index contributed by atoms with van der Waals surface area (Å²) in [6, 6.07) is 19.6.